The van der Waals surface area contributed by atoms with Crippen LogP contribution in [0.3, 0.4) is 0 Å². The van der Waals surface area contributed by atoms with Gasteiger partial charge in [0.1, 0.15) is 6.04 Å². The molecular weight excluding hydrogens is 270 g/mol. The van der Waals surface area contributed by atoms with Gasteiger partial charge in [0.2, 0.25) is 0 Å². The van der Waals surface area contributed by atoms with Crippen molar-refractivity contribution in [2.75, 3.05) is 13.2 Å². The Morgan fingerprint density at radius 2 is 1.90 bits per heavy atom. The molecule has 5 heteroatoms. The molecule has 118 valence electrons. The van der Waals surface area contributed by atoms with Crippen molar-refractivity contribution >= 4 is 5.97 Å². The molecule has 0 saturated heterocycles. The van der Waals surface area contributed by atoms with Crippen molar-refractivity contribution in [1.29, 1.82) is 0 Å². The van der Waals surface area contributed by atoms with Gasteiger partial charge in [-0.1, -0.05) is 19.1 Å². The Bertz CT molecular complexity index is 462. The standard InChI is InChI=1S/C16H25NO4/c1-4-11(10-13(17)16(18)19)12-8-7-9-14(20-5-2)15(12)21-6-3/h7-9,11,13H,4-6,10,17H2,1-3H3,(H,18,19). The van der Waals surface area contributed by atoms with E-state index in [4.69, 9.17) is 20.3 Å². The molecule has 0 heterocycles. The molecule has 1 aromatic rings. The molecule has 0 aliphatic rings. The number of rotatable bonds is 9. The van der Waals surface area contributed by atoms with Gasteiger partial charge in [0, 0.05) is 5.56 Å². The van der Waals surface area contributed by atoms with Gasteiger partial charge < -0.3 is 20.3 Å². The summed E-state index contributed by atoms with van der Waals surface area (Å²) in [4.78, 5) is 11.0. The van der Waals surface area contributed by atoms with Gasteiger partial charge in [0.25, 0.3) is 0 Å². The number of nitrogens with two attached hydrogens (primary N) is 1. The molecule has 2 unspecified atom stereocenters. The number of hydrogen-bond acceptors (Lipinski definition) is 4. The third kappa shape index (κ3) is 4.63. The van der Waals surface area contributed by atoms with Crippen molar-refractivity contribution in [3.05, 3.63) is 23.8 Å². The maximum atomic E-state index is 11.0. The van der Waals surface area contributed by atoms with E-state index in [2.05, 4.69) is 0 Å². The minimum atomic E-state index is -0.979. The van der Waals surface area contributed by atoms with Crippen LogP contribution in [0.15, 0.2) is 18.2 Å². The van der Waals surface area contributed by atoms with E-state index in [9.17, 15) is 4.79 Å². The molecule has 0 bridgehead atoms. The molecule has 2 atom stereocenters. The van der Waals surface area contributed by atoms with E-state index in [0.717, 1.165) is 12.0 Å². The quantitative estimate of drug-likeness (QED) is 0.732. The van der Waals surface area contributed by atoms with Gasteiger partial charge in [0.05, 0.1) is 13.2 Å². The summed E-state index contributed by atoms with van der Waals surface area (Å²) >= 11 is 0. The van der Waals surface area contributed by atoms with Crippen LogP contribution in [0.2, 0.25) is 0 Å². The fourth-order valence-electron chi connectivity index (χ4n) is 2.34. The molecule has 0 amide bonds. The molecule has 5 nitrogen and oxygen atoms in total. The molecular formula is C16H25NO4. The zero-order valence-electron chi connectivity index (χ0n) is 13.0. The van der Waals surface area contributed by atoms with Crippen LogP contribution >= 0.6 is 0 Å². The second-order valence-corrected chi connectivity index (χ2v) is 4.83. The highest BCUT2D eigenvalue weighted by molar-refractivity contribution is 5.73. The maximum Gasteiger partial charge on any atom is 0.320 e. The fraction of sp³-hybridized carbons (Fsp3) is 0.562. The lowest BCUT2D eigenvalue weighted by atomic mass is 9.89. The van der Waals surface area contributed by atoms with E-state index in [0.29, 0.717) is 31.1 Å². The van der Waals surface area contributed by atoms with Crippen molar-refractivity contribution in [3.63, 3.8) is 0 Å². The molecule has 0 aromatic heterocycles. The van der Waals surface area contributed by atoms with Crippen LogP contribution in [0.4, 0.5) is 0 Å². The average molecular weight is 295 g/mol. The second-order valence-electron chi connectivity index (χ2n) is 4.83. The molecule has 0 fully saturated rings. The third-order valence-corrected chi connectivity index (χ3v) is 3.39. The fourth-order valence-corrected chi connectivity index (χ4v) is 2.34. The van der Waals surface area contributed by atoms with Crippen molar-refractivity contribution < 1.29 is 19.4 Å². The highest BCUT2D eigenvalue weighted by Crippen LogP contribution is 2.38. The van der Waals surface area contributed by atoms with Crippen LogP contribution in [0.1, 0.15) is 45.1 Å². The zero-order valence-corrected chi connectivity index (χ0v) is 13.0. The number of aliphatic carboxylic acids is 1. The van der Waals surface area contributed by atoms with Crippen molar-refractivity contribution in [2.45, 2.75) is 45.6 Å². The first kappa shape index (κ1) is 17.3. The predicted octanol–water partition coefficient (Wildman–Crippen LogP) is 2.78. The monoisotopic (exact) mass is 295 g/mol. The number of carboxylic acid groups (broad SMARTS) is 1. The SMILES string of the molecule is CCOc1cccc(C(CC)CC(N)C(=O)O)c1OCC. The van der Waals surface area contributed by atoms with Gasteiger partial charge in [-0.3, -0.25) is 4.79 Å². The Balaban J connectivity index is 3.12. The van der Waals surface area contributed by atoms with Crippen LogP contribution in [0, 0.1) is 0 Å². The summed E-state index contributed by atoms with van der Waals surface area (Å²) < 4.78 is 11.3. The van der Waals surface area contributed by atoms with Gasteiger partial charge in [-0.15, -0.1) is 0 Å². The first-order valence-corrected chi connectivity index (χ1v) is 7.41. The zero-order chi connectivity index (χ0) is 15.8. The van der Waals surface area contributed by atoms with E-state index in [-0.39, 0.29) is 5.92 Å². The summed E-state index contributed by atoms with van der Waals surface area (Å²) in [5.41, 5.74) is 6.64. The molecule has 0 aliphatic carbocycles. The molecule has 1 aromatic carbocycles. The second kappa shape index (κ2) is 8.52. The minimum absolute atomic E-state index is 0.0260. The molecule has 21 heavy (non-hydrogen) atoms. The summed E-state index contributed by atoms with van der Waals surface area (Å²) in [7, 11) is 0. The third-order valence-electron chi connectivity index (χ3n) is 3.39. The van der Waals surface area contributed by atoms with Crippen molar-refractivity contribution in [3.8, 4) is 11.5 Å². The Morgan fingerprint density at radius 3 is 2.43 bits per heavy atom. The Labute approximate surface area is 126 Å². The topological polar surface area (TPSA) is 81.8 Å². The summed E-state index contributed by atoms with van der Waals surface area (Å²) in [6.45, 7) is 6.92. The Morgan fingerprint density at radius 1 is 1.24 bits per heavy atom. The predicted molar refractivity (Wildman–Crippen MR) is 82.0 cm³/mol. The van der Waals surface area contributed by atoms with Gasteiger partial charge in [-0.25, -0.2) is 0 Å². The number of ether oxygens (including phenoxy) is 2. The smallest absolute Gasteiger partial charge is 0.320 e. The lowest BCUT2D eigenvalue weighted by Gasteiger charge is -2.22. The van der Waals surface area contributed by atoms with E-state index in [1.807, 2.05) is 39.0 Å². The lowest BCUT2D eigenvalue weighted by molar-refractivity contribution is -0.138. The lowest BCUT2D eigenvalue weighted by Crippen LogP contribution is -2.31. The Hall–Kier alpha value is -1.75. The van der Waals surface area contributed by atoms with E-state index in [1.165, 1.54) is 0 Å². The van der Waals surface area contributed by atoms with Crippen LogP contribution in [0.5, 0.6) is 11.5 Å². The highest BCUT2D eigenvalue weighted by atomic mass is 16.5. The molecule has 1 rings (SSSR count). The summed E-state index contributed by atoms with van der Waals surface area (Å²) in [5.74, 6) is 0.441. The number of carbonyl (C=O) groups is 1. The van der Waals surface area contributed by atoms with Crippen LogP contribution < -0.4 is 15.2 Å². The van der Waals surface area contributed by atoms with Crippen molar-refractivity contribution in [1.82, 2.24) is 0 Å². The minimum Gasteiger partial charge on any atom is -0.490 e. The van der Waals surface area contributed by atoms with Crippen molar-refractivity contribution in [2.24, 2.45) is 5.73 Å². The number of carboxylic acids is 1. The summed E-state index contributed by atoms with van der Waals surface area (Å²) in [6.07, 6.45) is 1.16. The molecule has 0 spiro atoms. The van der Waals surface area contributed by atoms with Gasteiger partial charge in [0.15, 0.2) is 11.5 Å². The van der Waals surface area contributed by atoms with Gasteiger partial charge >= 0.3 is 5.97 Å². The van der Waals surface area contributed by atoms with Gasteiger partial charge in [-0.2, -0.15) is 0 Å². The summed E-state index contributed by atoms with van der Waals surface area (Å²) in [6, 6.07) is 4.84. The average Bonchev–Trinajstić information content (AvgIpc) is 2.46. The van der Waals surface area contributed by atoms with Gasteiger partial charge in [-0.05, 0) is 38.7 Å². The summed E-state index contributed by atoms with van der Waals surface area (Å²) in [5, 5.41) is 9.00. The number of hydrogen-bond donors (Lipinski definition) is 2. The number of para-hydroxylation sites is 1. The number of benzene rings is 1. The highest BCUT2D eigenvalue weighted by Gasteiger charge is 2.23. The molecule has 0 saturated carbocycles. The Kier molecular flexibility index (Phi) is 7.02. The van der Waals surface area contributed by atoms with Crippen LogP contribution in [-0.4, -0.2) is 30.3 Å². The van der Waals surface area contributed by atoms with E-state index < -0.39 is 12.0 Å². The molecule has 0 aliphatic heterocycles. The first-order chi connectivity index (χ1) is 10.0. The first-order valence-electron chi connectivity index (χ1n) is 7.41. The van der Waals surface area contributed by atoms with Crippen LogP contribution in [0.25, 0.3) is 0 Å². The van der Waals surface area contributed by atoms with E-state index in [1.54, 1.807) is 0 Å². The molecule has 3 N–H and O–H groups in total. The largest absolute Gasteiger partial charge is 0.490 e. The molecule has 0 radical (unpaired) electrons. The normalized spacial score (nSPS) is 13.5. The maximum absolute atomic E-state index is 11.0. The van der Waals surface area contributed by atoms with E-state index >= 15 is 0 Å². The van der Waals surface area contributed by atoms with Crippen LogP contribution in [-0.2, 0) is 4.79 Å².